The lowest BCUT2D eigenvalue weighted by atomic mass is 10.1. The van der Waals surface area contributed by atoms with Gasteiger partial charge in [0.1, 0.15) is 5.82 Å². The van der Waals surface area contributed by atoms with Crippen molar-refractivity contribution in [2.24, 2.45) is 0 Å². The minimum absolute atomic E-state index is 0.300. The predicted molar refractivity (Wildman–Crippen MR) is 68.5 cm³/mol. The molecular weight excluding hydrogens is 245 g/mol. The van der Waals surface area contributed by atoms with E-state index >= 15 is 0 Å². The van der Waals surface area contributed by atoms with Crippen molar-refractivity contribution in [1.29, 1.82) is 0 Å². The zero-order valence-electron chi connectivity index (χ0n) is 10.4. The Morgan fingerprint density at radius 1 is 1.32 bits per heavy atom. The summed E-state index contributed by atoms with van der Waals surface area (Å²) in [6.45, 7) is 2.31. The highest BCUT2D eigenvalue weighted by atomic mass is 19.1. The van der Waals surface area contributed by atoms with Crippen molar-refractivity contribution in [2.45, 2.75) is 19.5 Å². The van der Waals surface area contributed by atoms with E-state index in [4.69, 9.17) is 5.73 Å². The molecule has 3 heterocycles. The van der Waals surface area contributed by atoms with Crippen molar-refractivity contribution in [3.05, 3.63) is 47.3 Å². The van der Waals surface area contributed by atoms with Gasteiger partial charge in [-0.1, -0.05) is 0 Å². The van der Waals surface area contributed by atoms with Crippen LogP contribution < -0.4 is 5.73 Å². The molecule has 0 saturated heterocycles. The maximum Gasteiger partial charge on any atom is 0.220 e. The molecule has 0 aliphatic carbocycles. The van der Waals surface area contributed by atoms with Crippen LogP contribution in [0.5, 0.6) is 0 Å². The molecule has 0 bridgehead atoms. The average Bonchev–Trinajstić information content (AvgIpc) is 2.39. The van der Waals surface area contributed by atoms with Crippen molar-refractivity contribution in [1.82, 2.24) is 19.9 Å². The third-order valence-electron chi connectivity index (χ3n) is 3.20. The molecule has 0 amide bonds. The Bertz CT molecular complexity index is 601. The number of hydrogen-bond donors (Lipinski definition) is 1. The van der Waals surface area contributed by atoms with Gasteiger partial charge >= 0.3 is 0 Å². The monoisotopic (exact) mass is 259 g/mol. The van der Waals surface area contributed by atoms with Gasteiger partial charge < -0.3 is 5.73 Å². The Morgan fingerprint density at radius 2 is 2.21 bits per heavy atom. The molecular formula is C13H14FN5. The van der Waals surface area contributed by atoms with E-state index in [0.717, 1.165) is 36.3 Å². The van der Waals surface area contributed by atoms with Gasteiger partial charge in [-0.25, -0.2) is 14.4 Å². The van der Waals surface area contributed by atoms with Gasteiger partial charge in [0.25, 0.3) is 0 Å². The maximum absolute atomic E-state index is 13.1. The summed E-state index contributed by atoms with van der Waals surface area (Å²) in [5.74, 6) is 0.0209. The van der Waals surface area contributed by atoms with Crippen molar-refractivity contribution >= 4 is 5.95 Å². The molecule has 2 N–H and O–H groups in total. The van der Waals surface area contributed by atoms with Crippen LogP contribution in [0.15, 0.2) is 24.7 Å². The van der Waals surface area contributed by atoms with Crippen LogP contribution in [0.1, 0.15) is 16.8 Å². The predicted octanol–water partition coefficient (Wildman–Crippen LogP) is 1.15. The highest BCUT2D eigenvalue weighted by Crippen LogP contribution is 2.18. The number of aromatic nitrogens is 3. The van der Waals surface area contributed by atoms with Crippen LogP contribution in [0.25, 0.3) is 0 Å². The Hall–Kier alpha value is -2.08. The van der Waals surface area contributed by atoms with Gasteiger partial charge in [0.2, 0.25) is 5.95 Å². The second kappa shape index (κ2) is 4.89. The molecule has 0 aromatic carbocycles. The van der Waals surface area contributed by atoms with Gasteiger partial charge in [-0.15, -0.1) is 0 Å². The Labute approximate surface area is 110 Å². The number of nitrogens with two attached hydrogens (primary N) is 1. The summed E-state index contributed by atoms with van der Waals surface area (Å²) in [6.07, 6.45) is 5.52. The van der Waals surface area contributed by atoms with Crippen LogP contribution in [-0.4, -0.2) is 26.4 Å². The number of hydrogen-bond acceptors (Lipinski definition) is 5. The summed E-state index contributed by atoms with van der Waals surface area (Å²) in [6, 6.07) is 1.52. The second-order valence-corrected chi connectivity index (χ2v) is 4.67. The van der Waals surface area contributed by atoms with Crippen LogP contribution in [-0.2, 0) is 19.5 Å². The quantitative estimate of drug-likeness (QED) is 0.876. The summed E-state index contributed by atoms with van der Waals surface area (Å²) < 4.78 is 13.1. The van der Waals surface area contributed by atoms with E-state index in [0.29, 0.717) is 12.5 Å². The zero-order valence-corrected chi connectivity index (χ0v) is 10.4. The maximum atomic E-state index is 13.1. The third-order valence-corrected chi connectivity index (χ3v) is 3.20. The van der Waals surface area contributed by atoms with E-state index in [2.05, 4.69) is 19.9 Å². The summed E-state index contributed by atoms with van der Waals surface area (Å²) >= 11 is 0. The summed E-state index contributed by atoms with van der Waals surface area (Å²) in [7, 11) is 0. The largest absolute Gasteiger partial charge is 0.368 e. The number of pyridine rings is 1. The number of fused-ring (bicyclic) bond motifs is 1. The molecule has 2 aromatic rings. The fourth-order valence-electron chi connectivity index (χ4n) is 2.33. The number of nitrogens with zero attached hydrogens (tertiary/aromatic N) is 4. The smallest absolute Gasteiger partial charge is 0.220 e. The molecule has 1 aliphatic heterocycles. The lowest BCUT2D eigenvalue weighted by molar-refractivity contribution is 0.242. The fourth-order valence-corrected chi connectivity index (χ4v) is 2.33. The molecule has 0 atom stereocenters. The van der Waals surface area contributed by atoms with Gasteiger partial charge in [-0.3, -0.25) is 9.88 Å². The van der Waals surface area contributed by atoms with Crippen LogP contribution in [0.4, 0.5) is 10.3 Å². The number of rotatable bonds is 2. The van der Waals surface area contributed by atoms with Crippen molar-refractivity contribution in [2.75, 3.05) is 12.3 Å². The molecule has 0 saturated carbocycles. The van der Waals surface area contributed by atoms with Crippen LogP contribution in [0.2, 0.25) is 0 Å². The highest BCUT2D eigenvalue weighted by Gasteiger charge is 2.18. The first-order valence-corrected chi connectivity index (χ1v) is 6.13. The van der Waals surface area contributed by atoms with Gasteiger partial charge in [0.05, 0.1) is 11.9 Å². The average molecular weight is 259 g/mol. The zero-order chi connectivity index (χ0) is 13.2. The fraction of sp³-hybridized carbons (Fsp3) is 0.308. The van der Waals surface area contributed by atoms with E-state index in [1.165, 1.54) is 12.3 Å². The summed E-state index contributed by atoms with van der Waals surface area (Å²) in [4.78, 5) is 14.3. The lowest BCUT2D eigenvalue weighted by Gasteiger charge is -2.27. The highest BCUT2D eigenvalue weighted by molar-refractivity contribution is 5.27. The van der Waals surface area contributed by atoms with Crippen molar-refractivity contribution in [3.63, 3.8) is 0 Å². The molecule has 5 nitrogen and oxygen atoms in total. The first-order valence-electron chi connectivity index (χ1n) is 6.13. The van der Waals surface area contributed by atoms with Gasteiger partial charge in [-0.05, 0) is 11.6 Å². The molecule has 19 heavy (non-hydrogen) atoms. The van der Waals surface area contributed by atoms with Gasteiger partial charge in [-0.2, -0.15) is 0 Å². The minimum atomic E-state index is -0.300. The van der Waals surface area contributed by atoms with E-state index in [1.807, 2.05) is 0 Å². The molecule has 0 spiro atoms. The number of halogens is 1. The summed E-state index contributed by atoms with van der Waals surface area (Å²) in [5.41, 5.74) is 8.55. The molecule has 0 unspecified atom stereocenters. The van der Waals surface area contributed by atoms with Crippen LogP contribution >= 0.6 is 0 Å². The van der Waals surface area contributed by atoms with Crippen molar-refractivity contribution < 1.29 is 4.39 Å². The minimum Gasteiger partial charge on any atom is -0.368 e. The SMILES string of the molecule is Nc1ncc2c(n1)CCN(Cc1cncc(F)c1)C2. The Kier molecular flexibility index (Phi) is 3.08. The third kappa shape index (κ3) is 2.68. The van der Waals surface area contributed by atoms with E-state index in [1.54, 1.807) is 12.4 Å². The number of nitrogen functional groups attached to an aromatic ring is 1. The molecule has 1 aliphatic rings. The number of anilines is 1. The standard InChI is InChI=1S/C13H14FN5/c14-11-3-9(4-16-6-11)7-19-2-1-12-10(8-19)5-17-13(15)18-12/h3-6H,1-2,7-8H2,(H2,15,17,18). The van der Waals surface area contributed by atoms with E-state index in [-0.39, 0.29) is 5.82 Å². The topological polar surface area (TPSA) is 67.9 Å². The molecule has 3 rings (SSSR count). The normalized spacial score (nSPS) is 15.2. The first-order chi connectivity index (χ1) is 9.20. The van der Waals surface area contributed by atoms with E-state index in [9.17, 15) is 4.39 Å². The molecule has 98 valence electrons. The Morgan fingerprint density at radius 3 is 3.05 bits per heavy atom. The van der Waals surface area contributed by atoms with Gasteiger partial charge in [0.15, 0.2) is 0 Å². The van der Waals surface area contributed by atoms with Crippen LogP contribution in [0.3, 0.4) is 0 Å². The first kappa shape index (κ1) is 12.0. The summed E-state index contributed by atoms with van der Waals surface area (Å²) in [5, 5.41) is 0. The van der Waals surface area contributed by atoms with E-state index < -0.39 is 0 Å². The van der Waals surface area contributed by atoms with Gasteiger partial charge in [0, 0.05) is 44.0 Å². The molecule has 6 heteroatoms. The lowest BCUT2D eigenvalue weighted by Crippen LogP contribution is -2.31. The van der Waals surface area contributed by atoms with Crippen molar-refractivity contribution in [3.8, 4) is 0 Å². The molecule has 0 fully saturated rings. The molecule has 2 aromatic heterocycles. The van der Waals surface area contributed by atoms with Crippen LogP contribution in [0, 0.1) is 5.82 Å². The second-order valence-electron chi connectivity index (χ2n) is 4.67. The Balaban J connectivity index is 1.74. The molecule has 0 radical (unpaired) electrons.